The number of H-pyrrole nitrogens is 1. The van der Waals surface area contributed by atoms with Crippen molar-refractivity contribution in [3.05, 3.63) is 47.8 Å². The van der Waals surface area contributed by atoms with Crippen molar-refractivity contribution in [1.82, 2.24) is 20.1 Å². The Bertz CT molecular complexity index is 1400. The summed E-state index contributed by atoms with van der Waals surface area (Å²) in [6.07, 6.45) is 10.1. The zero-order chi connectivity index (χ0) is 29.1. The van der Waals surface area contributed by atoms with Gasteiger partial charge < -0.3 is 29.6 Å². The van der Waals surface area contributed by atoms with Crippen molar-refractivity contribution in [2.24, 2.45) is 17.8 Å². The molecule has 230 valence electrons. The molecule has 3 aliphatic carbocycles. The van der Waals surface area contributed by atoms with Crippen LogP contribution in [-0.4, -0.2) is 95.8 Å². The van der Waals surface area contributed by atoms with Crippen LogP contribution >= 0.6 is 0 Å². The van der Waals surface area contributed by atoms with Crippen LogP contribution in [0.1, 0.15) is 50.5 Å². The van der Waals surface area contributed by atoms with E-state index in [9.17, 15) is 9.59 Å². The zero-order valence-corrected chi connectivity index (χ0v) is 24.8. The van der Waals surface area contributed by atoms with E-state index in [2.05, 4.69) is 27.3 Å². The summed E-state index contributed by atoms with van der Waals surface area (Å²) in [4.78, 5) is 35.2. The quantitative estimate of drug-likeness (QED) is 0.516. The third-order valence-electron chi connectivity index (χ3n) is 11.5. The number of carbonyl (C=O) groups excluding carboxylic acids is 2. The van der Waals surface area contributed by atoms with E-state index >= 15 is 4.39 Å². The Kier molecular flexibility index (Phi) is 7.31. The molecule has 4 heterocycles. The second-order valence-electron chi connectivity index (χ2n) is 13.6. The van der Waals surface area contributed by atoms with Crippen LogP contribution in [0.2, 0.25) is 0 Å². The van der Waals surface area contributed by atoms with Gasteiger partial charge in [0.2, 0.25) is 0 Å². The molecule has 2 saturated heterocycles. The number of rotatable bonds is 5. The molecule has 1 aromatic carbocycles. The van der Waals surface area contributed by atoms with Crippen LogP contribution in [0.5, 0.6) is 0 Å². The summed E-state index contributed by atoms with van der Waals surface area (Å²) < 4.78 is 28.6. The Balaban J connectivity index is 1.10. The number of fused-ring (bicyclic) bond motifs is 5. The van der Waals surface area contributed by atoms with E-state index in [-0.39, 0.29) is 41.9 Å². The normalized spacial score (nSPS) is 37.4. The van der Waals surface area contributed by atoms with Gasteiger partial charge in [0.25, 0.3) is 5.91 Å². The molecule has 1 aromatic heterocycles. The van der Waals surface area contributed by atoms with Crippen molar-refractivity contribution in [3.8, 4) is 0 Å². The minimum absolute atomic E-state index is 0.0198. The average Bonchev–Trinajstić information content (AvgIpc) is 3.46. The number of nitrogens with zero attached hydrogens (tertiary/aromatic N) is 2. The molecule has 9 heteroatoms. The number of alkyl halides is 1. The largest absolute Gasteiger partial charge is 0.378 e. The van der Waals surface area contributed by atoms with Crippen molar-refractivity contribution >= 4 is 22.6 Å². The van der Waals surface area contributed by atoms with Crippen LogP contribution in [0.25, 0.3) is 10.9 Å². The highest BCUT2D eigenvalue weighted by atomic mass is 19.1. The zero-order valence-electron chi connectivity index (χ0n) is 24.8. The second kappa shape index (κ2) is 11.3. The number of halogens is 1. The van der Waals surface area contributed by atoms with Crippen LogP contribution in [0.15, 0.2) is 42.2 Å². The second-order valence-corrected chi connectivity index (χ2v) is 13.6. The molecule has 8 nitrogen and oxygen atoms in total. The predicted octanol–water partition coefficient (Wildman–Crippen LogP) is 3.76. The van der Waals surface area contributed by atoms with Gasteiger partial charge in [-0.25, -0.2) is 4.39 Å². The van der Waals surface area contributed by atoms with Crippen LogP contribution in [-0.2, 0) is 25.5 Å². The molecule has 9 unspecified atom stereocenters. The number of morpholine rings is 2. The maximum Gasteiger partial charge on any atom is 0.259 e. The van der Waals surface area contributed by atoms with Gasteiger partial charge in [-0.15, -0.1) is 0 Å². The summed E-state index contributed by atoms with van der Waals surface area (Å²) in [5.41, 5.74) is 2.54. The molecule has 6 aliphatic rings. The summed E-state index contributed by atoms with van der Waals surface area (Å²) in [7, 11) is 0. The van der Waals surface area contributed by atoms with Gasteiger partial charge in [0.05, 0.1) is 49.1 Å². The number of ether oxygens (including phenoxy) is 2. The van der Waals surface area contributed by atoms with E-state index in [0.717, 1.165) is 31.2 Å². The van der Waals surface area contributed by atoms with Gasteiger partial charge in [0.15, 0.2) is 5.78 Å². The van der Waals surface area contributed by atoms with Gasteiger partial charge in [-0.1, -0.05) is 37.5 Å². The minimum Gasteiger partial charge on any atom is -0.378 e. The van der Waals surface area contributed by atoms with E-state index in [1.54, 1.807) is 4.90 Å². The monoisotopic (exact) mass is 590 g/mol. The lowest BCUT2D eigenvalue weighted by molar-refractivity contribution is -0.215. The molecule has 3 saturated carbocycles. The highest BCUT2D eigenvalue weighted by Gasteiger charge is 2.60. The van der Waals surface area contributed by atoms with Gasteiger partial charge in [0, 0.05) is 42.3 Å². The lowest BCUT2D eigenvalue weighted by Crippen LogP contribution is -2.74. The van der Waals surface area contributed by atoms with Crippen molar-refractivity contribution in [3.63, 3.8) is 0 Å². The standard InChI is InChI=1S/C34H43FN4O4/c35-26-17-24-31-33(29(26)36-12-11-21-18-37-27-8-4-3-6-22(21)27)43-28-10-9-20-5-1-2-7-23(20)30(28)39(31)19-25(32(24)40)34(41)38-13-15-42-16-14-38/h3-4,6,8,18-20,23-24,26,28-31,33,36-37H,1-2,5,7,9-17H2. The SMILES string of the molecule is O=C1C(C(=O)N2CCOCC2)=CN2C3C(CCC4CCCCC43)OC3C(NCCc4c[nH]c5ccccc45)C(F)CC1C32. The molecule has 0 bridgehead atoms. The lowest BCUT2D eigenvalue weighted by Gasteiger charge is -2.62. The molecule has 9 atom stereocenters. The van der Waals surface area contributed by atoms with Crippen LogP contribution in [0.4, 0.5) is 4.39 Å². The number of amides is 1. The van der Waals surface area contributed by atoms with E-state index < -0.39 is 24.2 Å². The van der Waals surface area contributed by atoms with E-state index in [1.165, 1.54) is 30.2 Å². The highest BCUT2D eigenvalue weighted by Crippen LogP contribution is 2.51. The van der Waals surface area contributed by atoms with Gasteiger partial charge in [-0.2, -0.15) is 0 Å². The molecule has 0 spiro atoms. The number of ketones is 1. The molecule has 2 N–H and O–H groups in total. The number of benzene rings is 1. The smallest absolute Gasteiger partial charge is 0.259 e. The molecule has 2 aromatic rings. The van der Waals surface area contributed by atoms with E-state index in [0.29, 0.717) is 44.7 Å². The fourth-order valence-electron chi connectivity index (χ4n) is 9.45. The number of hydrogen-bond donors (Lipinski definition) is 2. The fraction of sp³-hybridized carbons (Fsp3) is 0.647. The topological polar surface area (TPSA) is 86.9 Å². The molecule has 0 radical (unpaired) electrons. The highest BCUT2D eigenvalue weighted by molar-refractivity contribution is 6.20. The number of para-hydroxylation sites is 1. The number of Topliss-reactive ketones (excluding diaryl/α,β-unsaturated/α-hetero) is 1. The van der Waals surface area contributed by atoms with Crippen molar-refractivity contribution < 1.29 is 23.5 Å². The molecule has 43 heavy (non-hydrogen) atoms. The summed E-state index contributed by atoms with van der Waals surface area (Å²) in [5, 5.41) is 4.75. The predicted molar refractivity (Wildman–Crippen MR) is 160 cm³/mol. The summed E-state index contributed by atoms with van der Waals surface area (Å²) in [5.74, 6) is 0.120. The molecule has 1 amide bonds. The van der Waals surface area contributed by atoms with Crippen molar-refractivity contribution in [2.45, 2.75) is 87.9 Å². The average molecular weight is 591 g/mol. The Morgan fingerprint density at radius 3 is 2.79 bits per heavy atom. The van der Waals surface area contributed by atoms with Crippen LogP contribution < -0.4 is 5.32 Å². The summed E-state index contributed by atoms with van der Waals surface area (Å²) in [6.45, 7) is 2.54. The first-order valence-electron chi connectivity index (χ1n) is 16.6. The van der Waals surface area contributed by atoms with E-state index in [1.807, 2.05) is 24.5 Å². The number of carbonyl (C=O) groups is 2. The maximum atomic E-state index is 16.2. The Morgan fingerprint density at radius 1 is 1.07 bits per heavy atom. The van der Waals surface area contributed by atoms with E-state index in [4.69, 9.17) is 9.47 Å². The summed E-state index contributed by atoms with van der Waals surface area (Å²) >= 11 is 0. The molecule has 5 fully saturated rings. The first-order valence-corrected chi connectivity index (χ1v) is 16.6. The van der Waals surface area contributed by atoms with Gasteiger partial charge in [-0.3, -0.25) is 9.59 Å². The molecular formula is C34H43FN4O4. The Hall–Kier alpha value is -2.75. The third-order valence-corrected chi connectivity index (χ3v) is 11.5. The van der Waals surface area contributed by atoms with Crippen LogP contribution in [0.3, 0.4) is 0 Å². The summed E-state index contributed by atoms with van der Waals surface area (Å²) in [6, 6.07) is 7.62. The third kappa shape index (κ3) is 4.73. The van der Waals surface area contributed by atoms with Gasteiger partial charge in [-0.05, 0) is 62.1 Å². The number of nitrogens with one attached hydrogen (secondary N) is 2. The first-order chi connectivity index (χ1) is 21.1. The Labute approximate surface area is 252 Å². The van der Waals surface area contributed by atoms with Crippen molar-refractivity contribution in [2.75, 3.05) is 32.8 Å². The number of aromatic amines is 1. The van der Waals surface area contributed by atoms with Gasteiger partial charge >= 0.3 is 0 Å². The maximum absolute atomic E-state index is 16.2. The fourth-order valence-corrected chi connectivity index (χ4v) is 9.45. The lowest BCUT2D eigenvalue weighted by atomic mass is 9.63. The minimum atomic E-state index is -1.24. The van der Waals surface area contributed by atoms with Crippen LogP contribution in [0, 0.1) is 17.8 Å². The Morgan fingerprint density at radius 2 is 1.91 bits per heavy atom. The molecule has 3 aliphatic heterocycles. The molecule has 8 rings (SSSR count). The van der Waals surface area contributed by atoms with Crippen molar-refractivity contribution in [1.29, 1.82) is 0 Å². The first kappa shape index (κ1) is 27.8. The number of hydrogen-bond acceptors (Lipinski definition) is 6. The van der Waals surface area contributed by atoms with Gasteiger partial charge in [0.1, 0.15) is 6.17 Å². The molecular weight excluding hydrogens is 547 g/mol. The number of aromatic nitrogens is 1.